The molecule has 0 saturated carbocycles. The van der Waals surface area contributed by atoms with Gasteiger partial charge in [0.25, 0.3) is 5.91 Å². The molecule has 1 unspecified atom stereocenters. The molecule has 1 amide bonds. The van der Waals surface area contributed by atoms with Crippen molar-refractivity contribution in [2.45, 2.75) is 26.9 Å². The van der Waals surface area contributed by atoms with Crippen LogP contribution in [-0.2, 0) is 4.79 Å². The first kappa shape index (κ1) is 15.4. The molecule has 0 aliphatic carbocycles. The van der Waals surface area contributed by atoms with Gasteiger partial charge in [0.2, 0.25) is 0 Å². The van der Waals surface area contributed by atoms with Crippen molar-refractivity contribution >= 4 is 23.2 Å². The summed E-state index contributed by atoms with van der Waals surface area (Å²) < 4.78 is 5.60. The van der Waals surface area contributed by atoms with Crippen molar-refractivity contribution in [1.29, 1.82) is 0 Å². The molecule has 3 nitrogen and oxygen atoms in total. The molecule has 0 saturated heterocycles. The lowest BCUT2D eigenvalue weighted by atomic mass is 10.1. The van der Waals surface area contributed by atoms with Crippen molar-refractivity contribution in [1.82, 2.24) is 0 Å². The summed E-state index contributed by atoms with van der Waals surface area (Å²) in [5.41, 5.74) is 3.00. The fourth-order valence-corrected chi connectivity index (χ4v) is 2.09. The van der Waals surface area contributed by atoms with E-state index in [4.69, 9.17) is 16.3 Å². The molecule has 0 aliphatic rings. The minimum Gasteiger partial charge on any atom is -0.481 e. The van der Waals surface area contributed by atoms with Crippen LogP contribution in [0, 0.1) is 13.8 Å². The Morgan fingerprint density at radius 2 is 1.81 bits per heavy atom. The zero-order chi connectivity index (χ0) is 15.4. The molecule has 0 heterocycles. The number of hydrogen-bond acceptors (Lipinski definition) is 2. The van der Waals surface area contributed by atoms with Crippen LogP contribution in [-0.4, -0.2) is 12.0 Å². The van der Waals surface area contributed by atoms with Gasteiger partial charge >= 0.3 is 0 Å². The van der Waals surface area contributed by atoms with E-state index in [9.17, 15) is 4.79 Å². The number of anilines is 1. The molecular formula is C17H18ClNO2. The Bertz CT molecular complexity index is 638. The highest BCUT2D eigenvalue weighted by Crippen LogP contribution is 2.19. The van der Waals surface area contributed by atoms with Gasteiger partial charge in [0, 0.05) is 10.7 Å². The van der Waals surface area contributed by atoms with Gasteiger partial charge in [0.15, 0.2) is 6.10 Å². The first-order chi connectivity index (χ1) is 9.95. The van der Waals surface area contributed by atoms with Gasteiger partial charge in [-0.25, -0.2) is 0 Å². The van der Waals surface area contributed by atoms with Gasteiger partial charge in [-0.05, 0) is 56.7 Å². The Balaban J connectivity index is 2.00. The van der Waals surface area contributed by atoms with Crippen molar-refractivity contribution in [2.24, 2.45) is 0 Å². The van der Waals surface area contributed by atoms with Crippen LogP contribution < -0.4 is 10.1 Å². The van der Waals surface area contributed by atoms with E-state index in [0.29, 0.717) is 10.8 Å². The Hall–Kier alpha value is -2.00. The summed E-state index contributed by atoms with van der Waals surface area (Å²) in [5, 5.41) is 3.51. The number of benzene rings is 2. The predicted octanol–water partition coefficient (Wildman–Crippen LogP) is 4.36. The van der Waals surface area contributed by atoms with Crippen LogP contribution in [0.2, 0.25) is 5.02 Å². The lowest BCUT2D eigenvalue weighted by Crippen LogP contribution is -2.30. The summed E-state index contributed by atoms with van der Waals surface area (Å²) in [5.74, 6) is 0.430. The third-order valence-corrected chi connectivity index (χ3v) is 3.39. The summed E-state index contributed by atoms with van der Waals surface area (Å²) >= 11 is 5.81. The van der Waals surface area contributed by atoms with Crippen molar-refractivity contribution in [2.75, 3.05) is 5.32 Å². The maximum Gasteiger partial charge on any atom is 0.265 e. The molecule has 0 spiro atoms. The fraction of sp³-hybridized carbons (Fsp3) is 0.235. The Kier molecular flexibility index (Phi) is 4.86. The molecule has 0 radical (unpaired) electrons. The molecule has 0 fully saturated rings. The second kappa shape index (κ2) is 6.64. The number of hydrogen-bond donors (Lipinski definition) is 1. The minimum atomic E-state index is -0.591. The first-order valence-corrected chi connectivity index (χ1v) is 7.14. The summed E-state index contributed by atoms with van der Waals surface area (Å²) in [4.78, 5) is 12.2. The van der Waals surface area contributed by atoms with Crippen LogP contribution in [0.3, 0.4) is 0 Å². The normalized spacial score (nSPS) is 11.8. The molecule has 4 heteroatoms. The Morgan fingerprint density at radius 3 is 2.43 bits per heavy atom. The number of nitrogens with one attached hydrogen (secondary N) is 1. The molecule has 0 bridgehead atoms. The lowest BCUT2D eigenvalue weighted by Gasteiger charge is -2.16. The molecule has 2 aromatic carbocycles. The van der Waals surface area contributed by atoms with Crippen LogP contribution in [0.4, 0.5) is 5.69 Å². The van der Waals surface area contributed by atoms with Gasteiger partial charge in [-0.2, -0.15) is 0 Å². The minimum absolute atomic E-state index is 0.183. The highest BCUT2D eigenvalue weighted by molar-refractivity contribution is 6.30. The van der Waals surface area contributed by atoms with Crippen molar-refractivity contribution < 1.29 is 9.53 Å². The summed E-state index contributed by atoms with van der Waals surface area (Å²) in [7, 11) is 0. The average Bonchev–Trinajstić information content (AvgIpc) is 2.44. The summed E-state index contributed by atoms with van der Waals surface area (Å²) in [6.45, 7) is 5.70. The van der Waals surface area contributed by atoms with Gasteiger partial charge in [-0.1, -0.05) is 29.3 Å². The quantitative estimate of drug-likeness (QED) is 0.911. The van der Waals surface area contributed by atoms with Gasteiger partial charge in [-0.15, -0.1) is 0 Å². The van der Waals surface area contributed by atoms with Crippen LogP contribution >= 0.6 is 11.6 Å². The van der Waals surface area contributed by atoms with Crippen molar-refractivity contribution in [3.8, 4) is 5.75 Å². The standard InChI is InChI=1S/C17H18ClNO2/c1-11-4-9-16(12(2)10-11)19-17(20)13(3)21-15-7-5-14(18)6-8-15/h4-10,13H,1-3H3,(H,19,20). The fourth-order valence-electron chi connectivity index (χ4n) is 1.96. The molecule has 110 valence electrons. The molecule has 1 atom stereocenters. The van der Waals surface area contributed by atoms with Gasteiger partial charge in [0.1, 0.15) is 5.75 Å². The molecule has 0 aliphatic heterocycles. The van der Waals surface area contributed by atoms with E-state index in [0.717, 1.165) is 16.8 Å². The van der Waals surface area contributed by atoms with E-state index in [2.05, 4.69) is 5.32 Å². The van der Waals surface area contributed by atoms with Crippen LogP contribution in [0.1, 0.15) is 18.1 Å². The number of rotatable bonds is 4. The summed E-state index contributed by atoms with van der Waals surface area (Å²) in [6.07, 6.45) is -0.591. The molecular weight excluding hydrogens is 286 g/mol. The van der Waals surface area contributed by atoms with Gasteiger partial charge in [-0.3, -0.25) is 4.79 Å². The molecule has 1 N–H and O–H groups in total. The summed E-state index contributed by atoms with van der Waals surface area (Å²) in [6, 6.07) is 12.8. The number of amides is 1. The monoisotopic (exact) mass is 303 g/mol. The van der Waals surface area contributed by atoms with E-state index < -0.39 is 6.10 Å². The largest absolute Gasteiger partial charge is 0.481 e. The van der Waals surface area contributed by atoms with Gasteiger partial charge in [0.05, 0.1) is 0 Å². The van der Waals surface area contributed by atoms with E-state index in [1.807, 2.05) is 32.0 Å². The Labute approximate surface area is 129 Å². The van der Waals surface area contributed by atoms with Crippen molar-refractivity contribution in [3.05, 3.63) is 58.6 Å². The predicted molar refractivity (Wildman–Crippen MR) is 86.1 cm³/mol. The molecule has 0 aromatic heterocycles. The van der Waals surface area contributed by atoms with E-state index in [1.165, 1.54) is 0 Å². The maximum atomic E-state index is 12.2. The molecule has 2 rings (SSSR count). The van der Waals surface area contributed by atoms with Gasteiger partial charge < -0.3 is 10.1 Å². The van der Waals surface area contributed by atoms with Crippen molar-refractivity contribution in [3.63, 3.8) is 0 Å². The van der Waals surface area contributed by atoms with E-state index in [-0.39, 0.29) is 5.91 Å². The van der Waals surface area contributed by atoms with Crippen LogP contribution in [0.25, 0.3) is 0 Å². The van der Waals surface area contributed by atoms with E-state index in [1.54, 1.807) is 31.2 Å². The van der Waals surface area contributed by atoms with E-state index >= 15 is 0 Å². The number of aryl methyl sites for hydroxylation is 2. The SMILES string of the molecule is Cc1ccc(NC(=O)C(C)Oc2ccc(Cl)cc2)c(C)c1. The second-order valence-electron chi connectivity index (χ2n) is 5.02. The highest BCUT2D eigenvalue weighted by atomic mass is 35.5. The molecule has 2 aromatic rings. The second-order valence-corrected chi connectivity index (χ2v) is 5.46. The zero-order valence-corrected chi connectivity index (χ0v) is 13.1. The van der Waals surface area contributed by atoms with Crippen LogP contribution in [0.5, 0.6) is 5.75 Å². The highest BCUT2D eigenvalue weighted by Gasteiger charge is 2.15. The number of carbonyl (C=O) groups is 1. The average molecular weight is 304 g/mol. The molecule has 21 heavy (non-hydrogen) atoms. The number of carbonyl (C=O) groups excluding carboxylic acids is 1. The topological polar surface area (TPSA) is 38.3 Å². The third kappa shape index (κ3) is 4.23. The number of ether oxygens (including phenoxy) is 1. The number of halogens is 1. The Morgan fingerprint density at radius 1 is 1.14 bits per heavy atom. The smallest absolute Gasteiger partial charge is 0.265 e. The first-order valence-electron chi connectivity index (χ1n) is 6.76. The lowest BCUT2D eigenvalue weighted by molar-refractivity contribution is -0.122. The zero-order valence-electron chi connectivity index (χ0n) is 12.3. The van der Waals surface area contributed by atoms with Crippen LogP contribution in [0.15, 0.2) is 42.5 Å². The third-order valence-electron chi connectivity index (χ3n) is 3.14. The maximum absolute atomic E-state index is 12.2.